The first-order valence-corrected chi connectivity index (χ1v) is 6.19. The molecule has 3 atom stereocenters. The Balaban J connectivity index is 1.66. The molecule has 0 aromatic heterocycles. The van der Waals surface area contributed by atoms with Gasteiger partial charge in [-0.05, 0) is 31.1 Å². The van der Waals surface area contributed by atoms with Crippen LogP contribution in [0.5, 0.6) is 0 Å². The molecule has 2 saturated carbocycles. The first kappa shape index (κ1) is 11.4. The third-order valence-corrected chi connectivity index (χ3v) is 3.87. The van der Waals surface area contributed by atoms with Crippen molar-refractivity contribution in [1.29, 1.82) is 0 Å². The predicted molar refractivity (Wildman–Crippen MR) is 60.6 cm³/mol. The van der Waals surface area contributed by atoms with Gasteiger partial charge in [-0.15, -0.1) is 0 Å². The Morgan fingerprint density at radius 3 is 2.44 bits per heavy atom. The van der Waals surface area contributed by atoms with Crippen molar-refractivity contribution >= 4 is 11.8 Å². The molecule has 2 aliphatic rings. The fraction of sp³-hybridized carbons (Fsp3) is 0.833. The Hall–Kier alpha value is -1.06. The maximum Gasteiger partial charge on any atom is 0.223 e. The molecular formula is C12H20N2O2. The lowest BCUT2D eigenvalue weighted by Crippen LogP contribution is -2.38. The Morgan fingerprint density at radius 2 is 1.88 bits per heavy atom. The highest BCUT2D eigenvalue weighted by Crippen LogP contribution is 2.48. The summed E-state index contributed by atoms with van der Waals surface area (Å²) < 4.78 is 0. The second-order valence-electron chi connectivity index (χ2n) is 5.06. The Labute approximate surface area is 96.2 Å². The summed E-state index contributed by atoms with van der Waals surface area (Å²) in [5.41, 5.74) is 0. The van der Waals surface area contributed by atoms with Crippen molar-refractivity contribution in [2.45, 2.75) is 32.6 Å². The Morgan fingerprint density at radius 1 is 1.12 bits per heavy atom. The van der Waals surface area contributed by atoms with E-state index in [1.165, 1.54) is 26.2 Å². The normalized spacial score (nSPS) is 31.4. The molecule has 2 rings (SSSR count). The largest absolute Gasteiger partial charge is 0.355 e. The fourth-order valence-corrected chi connectivity index (χ4v) is 3.12. The van der Waals surface area contributed by atoms with Crippen LogP contribution in [0.1, 0.15) is 32.6 Å². The molecule has 90 valence electrons. The lowest BCUT2D eigenvalue weighted by atomic mass is 9.88. The second kappa shape index (κ2) is 4.85. The smallest absolute Gasteiger partial charge is 0.223 e. The lowest BCUT2D eigenvalue weighted by Gasteiger charge is -2.20. The van der Waals surface area contributed by atoms with Gasteiger partial charge < -0.3 is 10.6 Å². The summed E-state index contributed by atoms with van der Waals surface area (Å²) in [6.07, 6.45) is 4.88. The fourth-order valence-electron chi connectivity index (χ4n) is 3.12. The molecule has 0 saturated heterocycles. The van der Waals surface area contributed by atoms with Crippen LogP contribution < -0.4 is 10.6 Å². The highest BCUT2D eigenvalue weighted by molar-refractivity contribution is 5.79. The SMILES string of the molecule is CC(=O)NCCNC(=O)C1CC2CCC1C2. The summed E-state index contributed by atoms with van der Waals surface area (Å²) in [6, 6.07) is 0. The molecular weight excluding hydrogens is 204 g/mol. The zero-order chi connectivity index (χ0) is 11.5. The lowest BCUT2D eigenvalue weighted by molar-refractivity contribution is -0.126. The molecule has 4 nitrogen and oxygen atoms in total. The number of carbonyl (C=O) groups excluding carboxylic acids is 2. The van der Waals surface area contributed by atoms with Crippen molar-refractivity contribution in [3.8, 4) is 0 Å². The Bertz CT molecular complexity index is 291. The van der Waals surface area contributed by atoms with Crippen LogP contribution in [0.3, 0.4) is 0 Å². The minimum Gasteiger partial charge on any atom is -0.355 e. The monoisotopic (exact) mass is 224 g/mol. The zero-order valence-corrected chi connectivity index (χ0v) is 9.79. The van der Waals surface area contributed by atoms with Gasteiger partial charge >= 0.3 is 0 Å². The molecule has 2 N–H and O–H groups in total. The van der Waals surface area contributed by atoms with E-state index in [2.05, 4.69) is 10.6 Å². The van der Waals surface area contributed by atoms with E-state index in [1.807, 2.05) is 0 Å². The second-order valence-corrected chi connectivity index (χ2v) is 5.06. The summed E-state index contributed by atoms with van der Waals surface area (Å²) >= 11 is 0. The van der Waals surface area contributed by atoms with E-state index in [9.17, 15) is 9.59 Å². The van der Waals surface area contributed by atoms with Gasteiger partial charge in [-0.2, -0.15) is 0 Å². The number of hydrogen-bond acceptors (Lipinski definition) is 2. The van der Waals surface area contributed by atoms with Crippen molar-refractivity contribution in [3.05, 3.63) is 0 Å². The van der Waals surface area contributed by atoms with Gasteiger partial charge in [-0.25, -0.2) is 0 Å². The van der Waals surface area contributed by atoms with E-state index in [0.717, 1.165) is 12.3 Å². The summed E-state index contributed by atoms with van der Waals surface area (Å²) in [4.78, 5) is 22.5. The molecule has 0 radical (unpaired) electrons. The molecule has 3 unspecified atom stereocenters. The maximum atomic E-state index is 11.9. The summed E-state index contributed by atoms with van der Waals surface area (Å²) in [5.74, 6) is 1.82. The summed E-state index contributed by atoms with van der Waals surface area (Å²) in [7, 11) is 0. The van der Waals surface area contributed by atoms with Gasteiger partial charge in [0.2, 0.25) is 11.8 Å². The first-order valence-electron chi connectivity index (χ1n) is 6.19. The molecule has 2 fully saturated rings. The number of fused-ring (bicyclic) bond motifs is 2. The van der Waals surface area contributed by atoms with Gasteiger partial charge in [0.1, 0.15) is 0 Å². The topological polar surface area (TPSA) is 58.2 Å². The third-order valence-electron chi connectivity index (χ3n) is 3.87. The van der Waals surface area contributed by atoms with Crippen molar-refractivity contribution in [3.63, 3.8) is 0 Å². The summed E-state index contributed by atoms with van der Waals surface area (Å²) in [6.45, 7) is 2.56. The molecule has 2 amide bonds. The van der Waals surface area contributed by atoms with Crippen LogP contribution in [-0.2, 0) is 9.59 Å². The molecule has 0 aliphatic heterocycles. The van der Waals surface area contributed by atoms with Gasteiger partial charge in [0.15, 0.2) is 0 Å². The average molecular weight is 224 g/mol. The van der Waals surface area contributed by atoms with Crippen LogP contribution in [0.15, 0.2) is 0 Å². The van der Waals surface area contributed by atoms with E-state index in [0.29, 0.717) is 19.0 Å². The van der Waals surface area contributed by atoms with Gasteiger partial charge in [0, 0.05) is 25.9 Å². The predicted octanol–water partition coefficient (Wildman–Crippen LogP) is 0.675. The van der Waals surface area contributed by atoms with Gasteiger partial charge in [0.05, 0.1) is 0 Å². The van der Waals surface area contributed by atoms with Crippen molar-refractivity contribution in [1.82, 2.24) is 10.6 Å². The number of nitrogens with one attached hydrogen (secondary N) is 2. The summed E-state index contributed by atoms with van der Waals surface area (Å²) in [5, 5.41) is 5.58. The molecule has 4 heteroatoms. The number of amides is 2. The highest BCUT2D eigenvalue weighted by atomic mass is 16.2. The molecule has 0 heterocycles. The van der Waals surface area contributed by atoms with Crippen molar-refractivity contribution < 1.29 is 9.59 Å². The van der Waals surface area contributed by atoms with Crippen LogP contribution in [0.25, 0.3) is 0 Å². The van der Waals surface area contributed by atoms with Crippen LogP contribution in [0, 0.1) is 17.8 Å². The number of rotatable bonds is 4. The quantitative estimate of drug-likeness (QED) is 0.690. The molecule has 2 aliphatic carbocycles. The van der Waals surface area contributed by atoms with E-state index in [4.69, 9.17) is 0 Å². The van der Waals surface area contributed by atoms with Crippen LogP contribution >= 0.6 is 0 Å². The standard InChI is InChI=1S/C12H20N2O2/c1-8(15)13-4-5-14-12(16)11-7-9-2-3-10(11)6-9/h9-11H,2-7H2,1H3,(H,13,15)(H,14,16). The number of carbonyl (C=O) groups is 2. The molecule has 16 heavy (non-hydrogen) atoms. The van der Waals surface area contributed by atoms with E-state index in [-0.39, 0.29) is 17.7 Å². The van der Waals surface area contributed by atoms with Gasteiger partial charge in [0.25, 0.3) is 0 Å². The average Bonchev–Trinajstić information content (AvgIpc) is 2.85. The molecule has 0 aromatic carbocycles. The minimum absolute atomic E-state index is 0.0471. The van der Waals surface area contributed by atoms with Crippen LogP contribution in [0.2, 0.25) is 0 Å². The van der Waals surface area contributed by atoms with E-state index in [1.54, 1.807) is 0 Å². The van der Waals surface area contributed by atoms with E-state index < -0.39 is 0 Å². The highest BCUT2D eigenvalue weighted by Gasteiger charge is 2.42. The first-order chi connectivity index (χ1) is 7.66. The van der Waals surface area contributed by atoms with Crippen molar-refractivity contribution in [2.75, 3.05) is 13.1 Å². The van der Waals surface area contributed by atoms with Crippen LogP contribution in [-0.4, -0.2) is 24.9 Å². The van der Waals surface area contributed by atoms with E-state index >= 15 is 0 Å². The maximum absolute atomic E-state index is 11.9. The van der Waals surface area contributed by atoms with Crippen LogP contribution in [0.4, 0.5) is 0 Å². The van der Waals surface area contributed by atoms with Gasteiger partial charge in [-0.1, -0.05) is 6.42 Å². The minimum atomic E-state index is -0.0471. The molecule has 0 spiro atoms. The zero-order valence-electron chi connectivity index (χ0n) is 9.79. The Kier molecular flexibility index (Phi) is 3.46. The van der Waals surface area contributed by atoms with Crippen molar-refractivity contribution in [2.24, 2.45) is 17.8 Å². The third kappa shape index (κ3) is 2.54. The molecule has 2 bridgehead atoms. The molecule has 0 aromatic rings. The van der Waals surface area contributed by atoms with Gasteiger partial charge in [-0.3, -0.25) is 9.59 Å². The number of hydrogen-bond donors (Lipinski definition) is 2.